The maximum absolute atomic E-state index is 12.8. The lowest BCUT2D eigenvalue weighted by Gasteiger charge is -2.33. The van der Waals surface area contributed by atoms with E-state index in [0.717, 1.165) is 24.6 Å². The van der Waals surface area contributed by atoms with Gasteiger partial charge in [-0.2, -0.15) is 4.98 Å². The number of rotatable bonds is 9. The number of nitrogens with two attached hydrogens (primary N) is 1. The molecule has 0 unspecified atom stereocenters. The molecule has 0 spiro atoms. The van der Waals surface area contributed by atoms with E-state index in [1.807, 2.05) is 6.07 Å². The summed E-state index contributed by atoms with van der Waals surface area (Å²) in [4.78, 5) is 47.8. The summed E-state index contributed by atoms with van der Waals surface area (Å²) in [7, 11) is 0. The molecular weight excluding hydrogens is 518 g/mol. The molecule has 3 aliphatic rings. The molecule has 0 bridgehead atoms. The second kappa shape index (κ2) is 11.1. The van der Waals surface area contributed by atoms with E-state index in [9.17, 15) is 14.4 Å². The predicted molar refractivity (Wildman–Crippen MR) is 146 cm³/mol. The maximum atomic E-state index is 12.8. The molecule has 13 heteroatoms. The third-order valence-corrected chi connectivity index (χ3v) is 7.42. The lowest BCUT2D eigenvalue weighted by Crippen LogP contribution is -2.46. The molecule has 0 radical (unpaired) electrons. The second-order valence-electron chi connectivity index (χ2n) is 10.1. The molecule has 3 aromatic rings. The minimum absolute atomic E-state index is 0.0603. The monoisotopic (exact) mass is 549 g/mol. The van der Waals surface area contributed by atoms with Gasteiger partial charge < -0.3 is 30.6 Å². The molecule has 0 aromatic carbocycles. The third kappa shape index (κ3) is 5.17. The van der Waals surface area contributed by atoms with E-state index in [1.54, 1.807) is 39.8 Å². The molecule has 40 heavy (non-hydrogen) atoms. The van der Waals surface area contributed by atoms with Crippen LogP contribution in [0.25, 0.3) is 11.0 Å². The highest BCUT2D eigenvalue weighted by atomic mass is 16.6. The van der Waals surface area contributed by atoms with Crippen LogP contribution in [0.5, 0.6) is 11.6 Å². The van der Waals surface area contributed by atoms with Crippen molar-refractivity contribution in [2.24, 2.45) is 5.73 Å². The van der Waals surface area contributed by atoms with Crippen molar-refractivity contribution in [3.05, 3.63) is 46.8 Å². The molecule has 5 heterocycles. The van der Waals surface area contributed by atoms with Crippen LogP contribution in [0.3, 0.4) is 0 Å². The van der Waals surface area contributed by atoms with Crippen molar-refractivity contribution in [2.75, 3.05) is 36.5 Å². The van der Waals surface area contributed by atoms with Crippen molar-refractivity contribution in [1.82, 2.24) is 19.9 Å². The highest BCUT2D eigenvalue weighted by Gasteiger charge is 2.46. The first kappa shape index (κ1) is 26.0. The van der Waals surface area contributed by atoms with E-state index >= 15 is 0 Å². The number of aromatic nitrogens is 3. The van der Waals surface area contributed by atoms with Crippen molar-refractivity contribution in [3.8, 4) is 11.6 Å². The van der Waals surface area contributed by atoms with Crippen molar-refractivity contribution >= 4 is 34.7 Å². The normalized spacial score (nSPS) is 21.8. The Labute approximate surface area is 229 Å². The van der Waals surface area contributed by atoms with Gasteiger partial charge in [-0.05, 0) is 50.1 Å². The van der Waals surface area contributed by atoms with Gasteiger partial charge in [-0.1, -0.05) is 0 Å². The second-order valence-corrected chi connectivity index (χ2v) is 10.1. The summed E-state index contributed by atoms with van der Waals surface area (Å²) in [6.45, 7) is 1.91. The van der Waals surface area contributed by atoms with Crippen LogP contribution in [-0.2, 0) is 16.1 Å². The largest absolute Gasteiger partial charge is 0.480 e. The van der Waals surface area contributed by atoms with Gasteiger partial charge in [0.25, 0.3) is 11.5 Å². The predicted octanol–water partition coefficient (Wildman–Crippen LogP) is 1.39. The number of anilines is 2. The first-order chi connectivity index (χ1) is 19.5. The summed E-state index contributed by atoms with van der Waals surface area (Å²) < 4.78 is 18.4. The Hall–Kier alpha value is -4.23. The van der Waals surface area contributed by atoms with Crippen LogP contribution in [0.1, 0.15) is 25.7 Å². The van der Waals surface area contributed by atoms with Gasteiger partial charge in [0.2, 0.25) is 5.88 Å². The van der Waals surface area contributed by atoms with Gasteiger partial charge in [-0.3, -0.25) is 19.1 Å². The summed E-state index contributed by atoms with van der Waals surface area (Å²) in [5.74, 6) is 1.36. The molecule has 1 aliphatic carbocycles. The van der Waals surface area contributed by atoms with E-state index in [-0.39, 0.29) is 36.3 Å². The van der Waals surface area contributed by atoms with Gasteiger partial charge in [-0.15, -0.1) is 0 Å². The van der Waals surface area contributed by atoms with Crippen LogP contribution < -0.4 is 36.3 Å². The number of ether oxygens (including phenoxy) is 3. The van der Waals surface area contributed by atoms with Crippen LogP contribution in [0.2, 0.25) is 0 Å². The van der Waals surface area contributed by atoms with Crippen molar-refractivity contribution in [1.29, 1.82) is 0 Å². The summed E-state index contributed by atoms with van der Waals surface area (Å²) >= 11 is 0. The van der Waals surface area contributed by atoms with Crippen molar-refractivity contribution in [2.45, 2.75) is 50.4 Å². The third-order valence-electron chi connectivity index (χ3n) is 7.42. The van der Waals surface area contributed by atoms with Gasteiger partial charge in [0.15, 0.2) is 18.2 Å². The van der Waals surface area contributed by atoms with Gasteiger partial charge in [-0.25, -0.2) is 9.78 Å². The number of hydrogen-bond donors (Lipinski definition) is 3. The van der Waals surface area contributed by atoms with Crippen LogP contribution in [0, 0.1) is 0 Å². The zero-order chi connectivity index (χ0) is 27.6. The number of nitrogens with zero attached hydrogens (tertiary/aromatic N) is 4. The summed E-state index contributed by atoms with van der Waals surface area (Å²) in [5, 5.41) is 7.06. The Bertz CT molecular complexity index is 1490. The summed E-state index contributed by atoms with van der Waals surface area (Å²) in [5.41, 5.74) is 5.98. The Kier molecular flexibility index (Phi) is 7.22. The lowest BCUT2D eigenvalue weighted by atomic mass is 9.88. The van der Waals surface area contributed by atoms with Gasteiger partial charge >= 0.3 is 6.09 Å². The molecule has 1 saturated heterocycles. The van der Waals surface area contributed by atoms with Gasteiger partial charge in [0.05, 0.1) is 12.6 Å². The Morgan fingerprint density at radius 2 is 1.98 bits per heavy atom. The van der Waals surface area contributed by atoms with Gasteiger partial charge in [0, 0.05) is 43.1 Å². The van der Waals surface area contributed by atoms with Crippen molar-refractivity contribution in [3.63, 3.8) is 0 Å². The standard InChI is InChI=1S/C27H31N7O6/c28-10-1-13-38-23-8-2-16-3-9-24(36)33(26(16)32-23)12-11-29-17-4-5-18-20(14-17)40-27(37)34(18)21-7-6-19-25(30-21)31-22(35)15-39-19/h2-3,6-9,17-18,20,29H,1,4-5,10-15,28H2,(H,30,31,35)/t17-,18-,20+/m0/s1. The fourth-order valence-corrected chi connectivity index (χ4v) is 5.47. The summed E-state index contributed by atoms with van der Waals surface area (Å²) in [6.07, 6.45) is 2.15. The topological polar surface area (TPSA) is 163 Å². The smallest absolute Gasteiger partial charge is 0.416 e. The van der Waals surface area contributed by atoms with Crippen LogP contribution in [0.4, 0.5) is 16.4 Å². The fourth-order valence-electron chi connectivity index (χ4n) is 5.47. The van der Waals surface area contributed by atoms with Crippen LogP contribution in [0.15, 0.2) is 41.2 Å². The number of nitrogens with one attached hydrogen (secondary N) is 2. The van der Waals surface area contributed by atoms with E-state index in [2.05, 4.69) is 20.6 Å². The summed E-state index contributed by atoms with van der Waals surface area (Å²) in [6, 6.07) is 10.4. The SMILES string of the molecule is NCCCOc1ccc2ccc(=O)n(CCN[C@H]3CC[C@H]4[C@@H](C3)OC(=O)N4c3ccc4c(n3)NC(=O)CO4)c2n1. The van der Waals surface area contributed by atoms with E-state index in [0.29, 0.717) is 61.6 Å². The van der Waals surface area contributed by atoms with Crippen LogP contribution in [-0.4, -0.2) is 71.0 Å². The zero-order valence-corrected chi connectivity index (χ0v) is 21.9. The molecule has 4 N–H and O–H groups in total. The average Bonchev–Trinajstić information content (AvgIpc) is 3.28. The number of hydrogen-bond acceptors (Lipinski definition) is 10. The molecule has 2 aliphatic heterocycles. The maximum Gasteiger partial charge on any atom is 0.416 e. The average molecular weight is 550 g/mol. The van der Waals surface area contributed by atoms with E-state index < -0.39 is 6.09 Å². The quantitative estimate of drug-likeness (QED) is 0.332. The molecular formula is C27H31N7O6. The zero-order valence-electron chi connectivity index (χ0n) is 21.9. The van der Waals surface area contributed by atoms with Crippen LogP contribution >= 0.6 is 0 Å². The molecule has 2 fully saturated rings. The van der Waals surface area contributed by atoms with Gasteiger partial charge in [0.1, 0.15) is 17.6 Å². The van der Waals surface area contributed by atoms with E-state index in [1.165, 1.54) is 0 Å². The highest BCUT2D eigenvalue weighted by Crippen LogP contribution is 2.37. The molecule has 2 amide bonds. The molecule has 210 valence electrons. The minimum atomic E-state index is -0.455. The minimum Gasteiger partial charge on any atom is -0.480 e. The number of carbonyl (C=O) groups is 2. The first-order valence-electron chi connectivity index (χ1n) is 13.5. The molecule has 3 aromatic heterocycles. The van der Waals surface area contributed by atoms with Crippen molar-refractivity contribution < 1.29 is 23.8 Å². The number of carbonyl (C=O) groups excluding carboxylic acids is 2. The first-order valence-corrected chi connectivity index (χ1v) is 13.5. The highest BCUT2D eigenvalue weighted by molar-refractivity contribution is 5.95. The molecule has 6 rings (SSSR count). The number of fused-ring (bicyclic) bond motifs is 3. The number of pyridine rings is 3. The van der Waals surface area contributed by atoms with E-state index in [4.69, 9.17) is 19.9 Å². The Morgan fingerprint density at radius 3 is 2.85 bits per heavy atom. The Morgan fingerprint density at radius 1 is 1.10 bits per heavy atom. The molecule has 3 atom stereocenters. The lowest BCUT2D eigenvalue weighted by molar-refractivity contribution is -0.118. The molecule has 13 nitrogen and oxygen atoms in total. The Balaban J connectivity index is 1.09. The number of amides is 2. The fraction of sp³-hybridized carbons (Fsp3) is 0.444. The molecule has 1 saturated carbocycles.